The lowest BCUT2D eigenvalue weighted by atomic mass is 10.0. The van der Waals surface area contributed by atoms with Crippen LogP contribution >= 0.6 is 0 Å². The number of carboxylic acids is 2. The van der Waals surface area contributed by atoms with Crippen molar-refractivity contribution in [2.24, 2.45) is 11.7 Å². The highest BCUT2D eigenvalue weighted by Gasteiger charge is 2.33. The molecule has 0 aromatic heterocycles. The molecule has 0 aliphatic heterocycles. The van der Waals surface area contributed by atoms with Gasteiger partial charge < -0.3 is 42.1 Å². The van der Waals surface area contributed by atoms with Crippen LogP contribution in [0.15, 0.2) is 24.3 Å². The Kier molecular flexibility index (Phi) is 11.8. The Bertz CT molecular complexity index is 934. The van der Waals surface area contributed by atoms with Crippen molar-refractivity contribution in [2.45, 2.75) is 70.3 Å². The minimum atomic E-state index is -1.49. The average Bonchev–Trinajstić information content (AvgIpc) is 2.78. The van der Waals surface area contributed by atoms with Gasteiger partial charge in [-0.2, -0.15) is 0 Å². The maximum Gasteiger partial charge on any atom is 0.326 e. The number of phenolic OH excluding ortho intramolecular Hbond substituents is 1. The zero-order valence-electron chi connectivity index (χ0n) is 20.3. The molecule has 0 saturated carbocycles. The molecule has 0 heterocycles. The van der Waals surface area contributed by atoms with Crippen LogP contribution in [0.5, 0.6) is 5.75 Å². The van der Waals surface area contributed by atoms with Crippen molar-refractivity contribution in [3.63, 3.8) is 0 Å². The standard InChI is InChI=1S/C23H34N4O9/c1-11(2)18(21(33)25-16(23(35)36)8-9-17(30)31)26-22(34)19(12(3)28)27-20(32)15(24)10-13-4-6-14(29)7-5-13/h4-7,11-12,15-16,18-19,28-29H,8-10,24H2,1-3H3,(H,25,33)(H,26,34)(H,27,32)(H,30,31)(H,35,36). The summed E-state index contributed by atoms with van der Waals surface area (Å²) < 4.78 is 0. The van der Waals surface area contributed by atoms with Crippen molar-refractivity contribution >= 4 is 29.7 Å². The third-order valence-electron chi connectivity index (χ3n) is 5.30. The summed E-state index contributed by atoms with van der Waals surface area (Å²) in [6, 6.07) is 0.726. The van der Waals surface area contributed by atoms with E-state index < -0.39 is 72.3 Å². The molecule has 0 radical (unpaired) electrons. The smallest absolute Gasteiger partial charge is 0.326 e. The van der Waals surface area contributed by atoms with E-state index >= 15 is 0 Å². The molecule has 13 nitrogen and oxygen atoms in total. The number of carboxylic acid groups (broad SMARTS) is 2. The molecular weight excluding hydrogens is 476 g/mol. The lowest BCUT2D eigenvalue weighted by Gasteiger charge is -2.28. The average molecular weight is 511 g/mol. The summed E-state index contributed by atoms with van der Waals surface area (Å²) in [5.41, 5.74) is 6.57. The molecule has 13 heteroatoms. The van der Waals surface area contributed by atoms with Crippen molar-refractivity contribution in [3.05, 3.63) is 29.8 Å². The SMILES string of the molecule is CC(C)C(NC(=O)C(NC(=O)C(N)Cc1ccc(O)cc1)C(C)O)C(=O)NC(CCC(=O)O)C(=O)O. The minimum absolute atomic E-state index is 0.0444. The Morgan fingerprint density at radius 3 is 1.86 bits per heavy atom. The number of phenols is 1. The van der Waals surface area contributed by atoms with Crippen molar-refractivity contribution in [3.8, 4) is 5.75 Å². The third kappa shape index (κ3) is 9.88. The highest BCUT2D eigenvalue weighted by Crippen LogP contribution is 2.11. The number of nitrogens with one attached hydrogen (secondary N) is 3. The van der Waals surface area contributed by atoms with Crippen LogP contribution in [-0.2, 0) is 30.4 Å². The van der Waals surface area contributed by atoms with E-state index in [4.69, 9.17) is 10.8 Å². The minimum Gasteiger partial charge on any atom is -0.508 e. The largest absolute Gasteiger partial charge is 0.508 e. The van der Waals surface area contributed by atoms with Crippen LogP contribution < -0.4 is 21.7 Å². The van der Waals surface area contributed by atoms with Crippen LogP contribution in [0.2, 0.25) is 0 Å². The van der Waals surface area contributed by atoms with E-state index in [1.54, 1.807) is 26.0 Å². The van der Waals surface area contributed by atoms with E-state index in [1.807, 2.05) is 0 Å². The van der Waals surface area contributed by atoms with Gasteiger partial charge in [0.25, 0.3) is 0 Å². The molecule has 9 N–H and O–H groups in total. The van der Waals surface area contributed by atoms with Gasteiger partial charge in [0.05, 0.1) is 12.1 Å². The highest BCUT2D eigenvalue weighted by molar-refractivity contribution is 5.94. The number of aliphatic hydroxyl groups excluding tert-OH is 1. The quantitative estimate of drug-likeness (QED) is 0.147. The molecule has 0 bridgehead atoms. The molecule has 0 aliphatic carbocycles. The van der Waals surface area contributed by atoms with Crippen molar-refractivity contribution in [1.82, 2.24) is 16.0 Å². The second kappa shape index (κ2) is 14.0. The molecule has 1 aromatic rings. The van der Waals surface area contributed by atoms with Crippen molar-refractivity contribution in [1.29, 1.82) is 0 Å². The summed E-state index contributed by atoms with van der Waals surface area (Å²) in [5, 5.41) is 44.5. The van der Waals surface area contributed by atoms with Gasteiger partial charge in [0.2, 0.25) is 17.7 Å². The molecule has 0 fully saturated rings. The molecular formula is C23H34N4O9. The number of carbonyl (C=O) groups excluding carboxylic acids is 3. The van der Waals surface area contributed by atoms with Crippen LogP contribution in [0.4, 0.5) is 0 Å². The first-order valence-electron chi connectivity index (χ1n) is 11.3. The first kappa shape index (κ1) is 30.3. The van der Waals surface area contributed by atoms with Gasteiger partial charge in [0.15, 0.2) is 0 Å². The Labute approximate surface area is 208 Å². The second-order valence-corrected chi connectivity index (χ2v) is 8.77. The Morgan fingerprint density at radius 1 is 0.861 bits per heavy atom. The monoisotopic (exact) mass is 510 g/mol. The number of hydrogen-bond donors (Lipinski definition) is 8. The van der Waals surface area contributed by atoms with Crippen LogP contribution in [0.25, 0.3) is 0 Å². The van der Waals surface area contributed by atoms with Gasteiger partial charge in [-0.3, -0.25) is 19.2 Å². The van der Waals surface area contributed by atoms with Gasteiger partial charge in [0.1, 0.15) is 23.9 Å². The molecule has 0 spiro atoms. The number of nitrogens with two attached hydrogens (primary N) is 1. The number of benzene rings is 1. The summed E-state index contributed by atoms with van der Waals surface area (Å²) in [7, 11) is 0. The summed E-state index contributed by atoms with van der Waals surface area (Å²) in [6.45, 7) is 4.43. The summed E-state index contributed by atoms with van der Waals surface area (Å²) in [6.07, 6.45) is -2.13. The van der Waals surface area contributed by atoms with E-state index in [2.05, 4.69) is 16.0 Å². The van der Waals surface area contributed by atoms with E-state index in [-0.39, 0.29) is 18.6 Å². The Morgan fingerprint density at radius 2 is 1.39 bits per heavy atom. The molecule has 5 atom stereocenters. The molecule has 0 saturated heterocycles. The summed E-state index contributed by atoms with van der Waals surface area (Å²) in [4.78, 5) is 60.3. The lowest BCUT2D eigenvalue weighted by molar-refractivity contribution is -0.143. The Balaban J connectivity index is 2.88. The van der Waals surface area contributed by atoms with E-state index in [1.165, 1.54) is 19.1 Å². The van der Waals surface area contributed by atoms with Crippen LogP contribution in [0.1, 0.15) is 39.2 Å². The number of aromatic hydroxyl groups is 1. The molecule has 1 aromatic carbocycles. The van der Waals surface area contributed by atoms with Crippen molar-refractivity contribution in [2.75, 3.05) is 0 Å². The lowest BCUT2D eigenvalue weighted by Crippen LogP contribution is -2.60. The van der Waals surface area contributed by atoms with E-state index in [0.717, 1.165) is 0 Å². The molecule has 36 heavy (non-hydrogen) atoms. The van der Waals surface area contributed by atoms with E-state index in [0.29, 0.717) is 5.56 Å². The van der Waals surface area contributed by atoms with Gasteiger partial charge in [-0.25, -0.2) is 4.79 Å². The predicted octanol–water partition coefficient (Wildman–Crippen LogP) is -1.30. The zero-order valence-corrected chi connectivity index (χ0v) is 20.3. The molecule has 200 valence electrons. The van der Waals surface area contributed by atoms with Crippen LogP contribution in [0.3, 0.4) is 0 Å². The van der Waals surface area contributed by atoms with Gasteiger partial charge in [0, 0.05) is 6.42 Å². The zero-order chi connectivity index (χ0) is 27.6. The fourth-order valence-corrected chi connectivity index (χ4v) is 3.21. The van der Waals surface area contributed by atoms with Gasteiger partial charge >= 0.3 is 11.9 Å². The van der Waals surface area contributed by atoms with Crippen LogP contribution in [0, 0.1) is 5.92 Å². The van der Waals surface area contributed by atoms with Gasteiger partial charge in [-0.1, -0.05) is 26.0 Å². The first-order chi connectivity index (χ1) is 16.7. The molecule has 3 amide bonds. The maximum atomic E-state index is 12.9. The van der Waals surface area contributed by atoms with Crippen molar-refractivity contribution < 1.29 is 44.4 Å². The number of rotatable bonds is 14. The number of amides is 3. The number of aliphatic carboxylic acids is 2. The second-order valence-electron chi connectivity index (χ2n) is 8.77. The summed E-state index contributed by atoms with van der Waals surface area (Å²) >= 11 is 0. The maximum absolute atomic E-state index is 12.9. The first-order valence-corrected chi connectivity index (χ1v) is 11.3. The number of hydrogen-bond acceptors (Lipinski definition) is 8. The summed E-state index contributed by atoms with van der Waals surface area (Å²) in [5.74, 6) is -5.65. The topological polar surface area (TPSA) is 228 Å². The predicted molar refractivity (Wildman–Crippen MR) is 127 cm³/mol. The highest BCUT2D eigenvalue weighted by atomic mass is 16.4. The molecule has 1 rings (SSSR count). The normalized spacial score (nSPS) is 15.2. The van der Waals surface area contributed by atoms with E-state index in [9.17, 15) is 39.3 Å². The number of carbonyl (C=O) groups is 5. The Hall–Kier alpha value is -3.71. The number of aliphatic hydroxyl groups is 1. The molecule has 0 aliphatic rings. The third-order valence-corrected chi connectivity index (χ3v) is 5.30. The van der Waals surface area contributed by atoms with Gasteiger partial charge in [-0.15, -0.1) is 0 Å². The molecule has 5 unspecified atom stereocenters. The fraction of sp³-hybridized carbons (Fsp3) is 0.522. The fourth-order valence-electron chi connectivity index (χ4n) is 3.21. The van der Waals surface area contributed by atoms with Crippen LogP contribution in [-0.4, -0.2) is 80.4 Å². The van der Waals surface area contributed by atoms with Gasteiger partial charge in [-0.05, 0) is 43.4 Å².